The first kappa shape index (κ1) is 13.3. The van der Waals surface area contributed by atoms with E-state index < -0.39 is 6.10 Å². The van der Waals surface area contributed by atoms with Crippen LogP contribution in [0.3, 0.4) is 0 Å². The molecule has 2 aromatic rings. The van der Waals surface area contributed by atoms with Gasteiger partial charge in [0, 0.05) is 0 Å². The molecule has 19 heavy (non-hydrogen) atoms. The highest BCUT2D eigenvalue weighted by atomic mass is 16.3. The summed E-state index contributed by atoms with van der Waals surface area (Å²) in [6.45, 7) is 0. The van der Waals surface area contributed by atoms with Crippen LogP contribution in [-0.2, 0) is 6.42 Å². The fraction of sp³-hybridized carbons (Fsp3) is 0.235. The highest BCUT2D eigenvalue weighted by Gasteiger charge is 2.20. The fourth-order valence-electron chi connectivity index (χ4n) is 2.14. The number of hydrogen-bond donors (Lipinski definition) is 1. The summed E-state index contributed by atoms with van der Waals surface area (Å²) in [5.74, 6) is -0.373. The van der Waals surface area contributed by atoms with Crippen molar-refractivity contribution in [3.05, 3.63) is 71.8 Å². The first-order valence-electron chi connectivity index (χ1n) is 6.48. The maximum atomic E-state index is 10.2. The smallest absolute Gasteiger partial charge is 0.0948 e. The molecule has 2 heteroatoms. The van der Waals surface area contributed by atoms with Crippen molar-refractivity contribution < 1.29 is 5.11 Å². The molecule has 0 saturated heterocycles. The van der Waals surface area contributed by atoms with Crippen LogP contribution in [0.25, 0.3) is 0 Å². The van der Waals surface area contributed by atoms with Crippen molar-refractivity contribution >= 4 is 0 Å². The number of nitriles is 1. The Hall–Kier alpha value is -2.11. The number of hydrogen-bond acceptors (Lipinski definition) is 2. The summed E-state index contributed by atoms with van der Waals surface area (Å²) in [4.78, 5) is 0. The summed E-state index contributed by atoms with van der Waals surface area (Å²) in [7, 11) is 0. The van der Waals surface area contributed by atoms with Crippen LogP contribution in [0.5, 0.6) is 0 Å². The highest BCUT2D eigenvalue weighted by Crippen LogP contribution is 2.25. The summed E-state index contributed by atoms with van der Waals surface area (Å²) in [6.07, 6.45) is 0.759. The molecule has 0 aliphatic heterocycles. The standard InChI is InChI=1S/C17H17NO/c18-13-16(12-11-14-7-3-1-4-8-14)17(19)15-9-5-2-6-10-15/h1-10,16-17,19H,11-12H2. The highest BCUT2D eigenvalue weighted by molar-refractivity contribution is 5.20. The van der Waals surface area contributed by atoms with E-state index in [-0.39, 0.29) is 5.92 Å². The van der Waals surface area contributed by atoms with Crippen molar-refractivity contribution in [2.75, 3.05) is 0 Å². The third kappa shape index (κ3) is 3.67. The van der Waals surface area contributed by atoms with E-state index in [0.29, 0.717) is 6.42 Å². The Morgan fingerprint density at radius 2 is 1.53 bits per heavy atom. The second-order valence-electron chi connectivity index (χ2n) is 4.62. The van der Waals surface area contributed by atoms with Gasteiger partial charge in [-0.1, -0.05) is 60.7 Å². The molecule has 0 aliphatic rings. The Bertz CT molecular complexity index is 530. The predicted octanol–water partition coefficient (Wildman–Crippen LogP) is 3.49. The van der Waals surface area contributed by atoms with Crippen LogP contribution >= 0.6 is 0 Å². The lowest BCUT2D eigenvalue weighted by atomic mass is 9.91. The van der Waals surface area contributed by atoms with Gasteiger partial charge in [-0.3, -0.25) is 0 Å². The van der Waals surface area contributed by atoms with Crippen molar-refractivity contribution in [3.8, 4) is 6.07 Å². The van der Waals surface area contributed by atoms with Gasteiger partial charge >= 0.3 is 0 Å². The van der Waals surface area contributed by atoms with E-state index in [1.54, 1.807) is 0 Å². The van der Waals surface area contributed by atoms with Crippen LogP contribution in [0.4, 0.5) is 0 Å². The average molecular weight is 251 g/mol. The summed E-state index contributed by atoms with van der Waals surface area (Å²) in [5.41, 5.74) is 2.00. The SMILES string of the molecule is N#CC(CCc1ccccc1)C(O)c1ccccc1. The number of aryl methyl sites for hydroxylation is 1. The van der Waals surface area contributed by atoms with Crippen molar-refractivity contribution in [3.63, 3.8) is 0 Å². The molecule has 2 aromatic carbocycles. The van der Waals surface area contributed by atoms with Crippen molar-refractivity contribution in [2.45, 2.75) is 18.9 Å². The second-order valence-corrected chi connectivity index (χ2v) is 4.62. The van der Waals surface area contributed by atoms with Crippen LogP contribution in [-0.4, -0.2) is 5.11 Å². The molecule has 2 unspecified atom stereocenters. The molecule has 0 spiro atoms. The lowest BCUT2D eigenvalue weighted by molar-refractivity contribution is 0.130. The van der Waals surface area contributed by atoms with E-state index >= 15 is 0 Å². The molecule has 0 aromatic heterocycles. The third-order valence-corrected chi connectivity index (χ3v) is 3.27. The van der Waals surface area contributed by atoms with E-state index in [1.165, 1.54) is 5.56 Å². The zero-order chi connectivity index (χ0) is 13.5. The summed E-state index contributed by atoms with van der Waals surface area (Å²) in [6, 6.07) is 21.6. The molecule has 0 fully saturated rings. The lowest BCUT2D eigenvalue weighted by Crippen LogP contribution is -2.11. The first-order valence-corrected chi connectivity index (χ1v) is 6.48. The van der Waals surface area contributed by atoms with Crippen LogP contribution in [0, 0.1) is 17.2 Å². The van der Waals surface area contributed by atoms with Gasteiger partial charge in [-0.15, -0.1) is 0 Å². The number of rotatable bonds is 5. The van der Waals surface area contributed by atoms with Gasteiger partial charge in [-0.2, -0.15) is 5.26 Å². The molecule has 1 N–H and O–H groups in total. The fourth-order valence-corrected chi connectivity index (χ4v) is 2.14. The maximum Gasteiger partial charge on any atom is 0.0948 e. The van der Waals surface area contributed by atoms with E-state index in [4.69, 9.17) is 0 Å². The number of aliphatic hydroxyl groups excluding tert-OH is 1. The molecule has 0 amide bonds. The second kappa shape index (κ2) is 6.72. The van der Waals surface area contributed by atoms with Crippen LogP contribution in [0.15, 0.2) is 60.7 Å². The molecule has 0 bridgehead atoms. The Morgan fingerprint density at radius 1 is 0.947 bits per heavy atom. The van der Waals surface area contributed by atoms with Gasteiger partial charge in [0.25, 0.3) is 0 Å². The summed E-state index contributed by atoms with van der Waals surface area (Å²) < 4.78 is 0. The molecule has 2 rings (SSSR count). The van der Waals surface area contributed by atoms with Crippen LogP contribution in [0.2, 0.25) is 0 Å². The minimum atomic E-state index is -0.713. The van der Waals surface area contributed by atoms with Gasteiger partial charge in [0.1, 0.15) is 0 Å². The van der Waals surface area contributed by atoms with Gasteiger partial charge in [-0.05, 0) is 24.0 Å². The molecule has 0 saturated carbocycles. The van der Waals surface area contributed by atoms with Gasteiger partial charge in [-0.25, -0.2) is 0 Å². The van der Waals surface area contributed by atoms with E-state index in [1.807, 2.05) is 60.7 Å². The molecule has 2 nitrogen and oxygen atoms in total. The molecular formula is C17H17NO. The lowest BCUT2D eigenvalue weighted by Gasteiger charge is -2.16. The first-order chi connectivity index (χ1) is 9.31. The molecule has 0 aliphatic carbocycles. The molecule has 2 atom stereocenters. The normalized spacial score (nSPS) is 13.5. The number of nitrogens with zero attached hydrogens (tertiary/aromatic N) is 1. The summed E-state index contributed by atoms with van der Waals surface area (Å²) >= 11 is 0. The van der Waals surface area contributed by atoms with Crippen molar-refractivity contribution in [1.82, 2.24) is 0 Å². The predicted molar refractivity (Wildman–Crippen MR) is 75.3 cm³/mol. The third-order valence-electron chi connectivity index (χ3n) is 3.27. The Balaban J connectivity index is 1.99. The summed E-state index contributed by atoms with van der Waals surface area (Å²) in [5, 5.41) is 19.5. The maximum absolute atomic E-state index is 10.2. The van der Waals surface area contributed by atoms with Crippen LogP contribution in [0.1, 0.15) is 23.7 Å². The Kier molecular flexibility index (Phi) is 4.72. The molecule has 0 radical (unpaired) electrons. The molecule has 96 valence electrons. The zero-order valence-corrected chi connectivity index (χ0v) is 10.7. The molecular weight excluding hydrogens is 234 g/mol. The van der Waals surface area contributed by atoms with E-state index in [9.17, 15) is 10.4 Å². The Labute approximate surface area is 114 Å². The van der Waals surface area contributed by atoms with Gasteiger partial charge in [0.2, 0.25) is 0 Å². The van der Waals surface area contributed by atoms with E-state index in [0.717, 1.165) is 12.0 Å². The number of benzene rings is 2. The van der Waals surface area contributed by atoms with Crippen molar-refractivity contribution in [2.24, 2.45) is 5.92 Å². The largest absolute Gasteiger partial charge is 0.387 e. The average Bonchev–Trinajstić information content (AvgIpc) is 2.49. The van der Waals surface area contributed by atoms with Gasteiger partial charge < -0.3 is 5.11 Å². The van der Waals surface area contributed by atoms with Crippen LogP contribution < -0.4 is 0 Å². The van der Waals surface area contributed by atoms with Crippen molar-refractivity contribution in [1.29, 1.82) is 5.26 Å². The van der Waals surface area contributed by atoms with Gasteiger partial charge in [0.05, 0.1) is 18.1 Å². The van der Waals surface area contributed by atoms with E-state index in [2.05, 4.69) is 6.07 Å². The minimum absolute atomic E-state index is 0.373. The topological polar surface area (TPSA) is 44.0 Å². The zero-order valence-electron chi connectivity index (χ0n) is 10.7. The number of aliphatic hydroxyl groups is 1. The minimum Gasteiger partial charge on any atom is -0.387 e. The monoisotopic (exact) mass is 251 g/mol. The van der Waals surface area contributed by atoms with Gasteiger partial charge in [0.15, 0.2) is 0 Å². The molecule has 0 heterocycles. The quantitative estimate of drug-likeness (QED) is 0.884. The Morgan fingerprint density at radius 3 is 2.11 bits per heavy atom.